The zero-order valence-electron chi connectivity index (χ0n) is 8.04. The molecule has 1 amide bonds. The van der Waals surface area contributed by atoms with Crippen molar-refractivity contribution in [2.45, 2.75) is 0 Å². The molecular formula is C9H8N4O3. The first-order valence-corrected chi connectivity index (χ1v) is 4.35. The van der Waals surface area contributed by atoms with Crippen molar-refractivity contribution in [3.05, 3.63) is 29.8 Å². The number of rotatable bonds is 2. The Labute approximate surface area is 89.9 Å². The Kier molecular flexibility index (Phi) is 2.42. The van der Waals surface area contributed by atoms with Crippen LogP contribution in [0.4, 0.5) is 12.0 Å². The van der Waals surface area contributed by atoms with Crippen molar-refractivity contribution in [3.63, 3.8) is 0 Å². The van der Waals surface area contributed by atoms with Gasteiger partial charge in [-0.3, -0.25) is 10.1 Å². The summed E-state index contributed by atoms with van der Waals surface area (Å²) in [5.41, 5.74) is 5.30. The summed E-state index contributed by atoms with van der Waals surface area (Å²) in [5, 5.41) is 15.1. The van der Waals surface area contributed by atoms with Gasteiger partial charge in [-0.05, 0) is 17.3 Å². The van der Waals surface area contributed by atoms with Crippen molar-refractivity contribution in [2.24, 2.45) is 0 Å². The van der Waals surface area contributed by atoms with Crippen LogP contribution in [0.25, 0.3) is 0 Å². The maximum atomic E-state index is 11.6. The molecule has 1 aromatic heterocycles. The molecule has 0 spiro atoms. The van der Waals surface area contributed by atoms with E-state index in [1.165, 1.54) is 12.1 Å². The number of nitrogens with two attached hydrogens (primary N) is 1. The number of nitrogens with zero attached hydrogens (tertiary/aromatic N) is 2. The molecule has 0 unspecified atom stereocenters. The summed E-state index contributed by atoms with van der Waals surface area (Å²) in [6, 6.07) is 5.96. The number of para-hydroxylation sites is 1. The largest absolute Gasteiger partial charge is 0.507 e. The summed E-state index contributed by atoms with van der Waals surface area (Å²) in [7, 11) is 0. The minimum absolute atomic E-state index is 0.0502. The van der Waals surface area contributed by atoms with Crippen molar-refractivity contribution in [1.82, 2.24) is 10.1 Å². The van der Waals surface area contributed by atoms with Crippen molar-refractivity contribution >= 4 is 17.9 Å². The van der Waals surface area contributed by atoms with Crippen molar-refractivity contribution < 1.29 is 14.4 Å². The molecule has 0 radical (unpaired) electrons. The number of carbonyl (C=O) groups is 1. The van der Waals surface area contributed by atoms with Crippen LogP contribution in [-0.2, 0) is 0 Å². The van der Waals surface area contributed by atoms with Gasteiger partial charge in [-0.1, -0.05) is 12.1 Å². The molecule has 0 atom stereocenters. The minimum atomic E-state index is -0.543. The number of phenols is 1. The lowest BCUT2D eigenvalue weighted by atomic mass is 10.2. The molecule has 0 saturated heterocycles. The Morgan fingerprint density at radius 1 is 1.44 bits per heavy atom. The number of hydrogen-bond donors (Lipinski definition) is 3. The van der Waals surface area contributed by atoms with Crippen molar-refractivity contribution in [3.8, 4) is 5.75 Å². The number of phenolic OH excluding ortho intramolecular Hbond substituents is 1. The summed E-state index contributed by atoms with van der Waals surface area (Å²) in [6.45, 7) is 0. The summed E-state index contributed by atoms with van der Waals surface area (Å²) < 4.78 is 4.47. The molecule has 0 aliphatic rings. The number of anilines is 2. The SMILES string of the molecule is Nc1nc(NC(=O)c2ccccc2O)no1. The molecule has 7 heteroatoms. The average molecular weight is 220 g/mol. The molecule has 2 rings (SSSR count). The molecule has 1 aromatic carbocycles. The normalized spacial score (nSPS) is 10.0. The van der Waals surface area contributed by atoms with E-state index in [-0.39, 0.29) is 23.3 Å². The maximum absolute atomic E-state index is 11.6. The molecule has 4 N–H and O–H groups in total. The van der Waals surface area contributed by atoms with Crippen LogP contribution in [0.1, 0.15) is 10.4 Å². The number of hydrogen-bond acceptors (Lipinski definition) is 6. The molecule has 0 saturated carbocycles. The zero-order chi connectivity index (χ0) is 11.5. The van der Waals surface area contributed by atoms with Crippen LogP contribution in [0.15, 0.2) is 28.8 Å². The predicted octanol–water partition coefficient (Wildman–Crippen LogP) is 0.610. The van der Waals surface area contributed by atoms with Crippen LogP contribution >= 0.6 is 0 Å². The number of nitrogens with one attached hydrogen (secondary N) is 1. The number of amides is 1. The molecule has 82 valence electrons. The third kappa shape index (κ3) is 1.92. The second-order valence-electron chi connectivity index (χ2n) is 2.93. The van der Waals surface area contributed by atoms with Gasteiger partial charge < -0.3 is 15.4 Å². The fourth-order valence-corrected chi connectivity index (χ4v) is 1.12. The zero-order valence-corrected chi connectivity index (χ0v) is 8.04. The molecule has 1 heterocycles. The highest BCUT2D eigenvalue weighted by molar-refractivity contribution is 6.05. The van der Waals surface area contributed by atoms with Crippen LogP contribution in [0.2, 0.25) is 0 Å². The third-order valence-corrected chi connectivity index (χ3v) is 1.82. The lowest BCUT2D eigenvalue weighted by Gasteiger charge is -2.02. The van der Waals surface area contributed by atoms with E-state index in [1.807, 2.05) is 0 Å². The minimum Gasteiger partial charge on any atom is -0.507 e. The lowest BCUT2D eigenvalue weighted by molar-refractivity contribution is 0.102. The van der Waals surface area contributed by atoms with Gasteiger partial charge >= 0.3 is 6.01 Å². The monoisotopic (exact) mass is 220 g/mol. The van der Waals surface area contributed by atoms with Crippen LogP contribution in [0.5, 0.6) is 5.75 Å². The van der Waals surface area contributed by atoms with E-state index in [0.29, 0.717) is 0 Å². The van der Waals surface area contributed by atoms with Gasteiger partial charge in [-0.25, -0.2) is 0 Å². The molecule has 7 nitrogen and oxygen atoms in total. The molecule has 0 aliphatic heterocycles. The molecule has 0 fully saturated rings. The van der Waals surface area contributed by atoms with Crippen LogP contribution in [0.3, 0.4) is 0 Å². The van der Waals surface area contributed by atoms with Crippen LogP contribution < -0.4 is 11.1 Å². The standard InChI is InChI=1S/C9H8N4O3/c10-8-12-9(13-16-8)11-7(15)5-3-1-2-4-6(5)14/h1-4,14H,(H3,10,11,12,13,15). The summed E-state index contributed by atoms with van der Waals surface area (Å²) >= 11 is 0. The van der Waals surface area contributed by atoms with Crippen LogP contribution in [-0.4, -0.2) is 21.2 Å². The second-order valence-corrected chi connectivity index (χ2v) is 2.93. The first kappa shape index (κ1) is 9.97. The van der Waals surface area contributed by atoms with E-state index >= 15 is 0 Å². The van der Waals surface area contributed by atoms with Gasteiger partial charge in [0.15, 0.2) is 0 Å². The van der Waals surface area contributed by atoms with Gasteiger partial charge in [-0.2, -0.15) is 4.98 Å². The van der Waals surface area contributed by atoms with Gasteiger partial charge in [0.25, 0.3) is 11.9 Å². The molecular weight excluding hydrogens is 212 g/mol. The van der Waals surface area contributed by atoms with Crippen molar-refractivity contribution in [1.29, 1.82) is 0 Å². The first-order valence-electron chi connectivity index (χ1n) is 4.35. The Hall–Kier alpha value is -2.57. The molecule has 2 aromatic rings. The Bertz CT molecular complexity index is 523. The Balaban J connectivity index is 2.18. The molecule has 0 aliphatic carbocycles. The van der Waals surface area contributed by atoms with E-state index in [9.17, 15) is 9.90 Å². The fourth-order valence-electron chi connectivity index (χ4n) is 1.12. The second kappa shape index (κ2) is 3.89. The maximum Gasteiger partial charge on any atom is 0.320 e. The van der Waals surface area contributed by atoms with Crippen LogP contribution in [0, 0.1) is 0 Å². The van der Waals surface area contributed by atoms with E-state index < -0.39 is 5.91 Å². The van der Waals surface area contributed by atoms with Gasteiger partial charge in [0.2, 0.25) is 0 Å². The summed E-state index contributed by atoms with van der Waals surface area (Å²) in [6.07, 6.45) is 0. The smallest absolute Gasteiger partial charge is 0.320 e. The molecule has 0 bridgehead atoms. The summed E-state index contributed by atoms with van der Waals surface area (Å²) in [5.74, 6) is -0.721. The van der Waals surface area contributed by atoms with Gasteiger partial charge in [0.1, 0.15) is 5.75 Å². The highest BCUT2D eigenvalue weighted by Gasteiger charge is 2.13. The lowest BCUT2D eigenvalue weighted by Crippen LogP contribution is -2.13. The first-order chi connectivity index (χ1) is 7.66. The van der Waals surface area contributed by atoms with E-state index in [0.717, 1.165) is 0 Å². The number of aromatic nitrogens is 2. The Morgan fingerprint density at radius 3 is 2.81 bits per heavy atom. The predicted molar refractivity (Wildman–Crippen MR) is 54.8 cm³/mol. The highest BCUT2D eigenvalue weighted by Crippen LogP contribution is 2.16. The average Bonchev–Trinajstić information content (AvgIpc) is 2.64. The summed E-state index contributed by atoms with van der Waals surface area (Å²) in [4.78, 5) is 15.2. The van der Waals surface area contributed by atoms with Gasteiger partial charge in [0.05, 0.1) is 5.56 Å². The number of benzene rings is 1. The fraction of sp³-hybridized carbons (Fsp3) is 0. The molecule has 16 heavy (non-hydrogen) atoms. The van der Waals surface area contributed by atoms with E-state index in [4.69, 9.17) is 5.73 Å². The van der Waals surface area contributed by atoms with E-state index in [1.54, 1.807) is 12.1 Å². The van der Waals surface area contributed by atoms with E-state index in [2.05, 4.69) is 20.0 Å². The van der Waals surface area contributed by atoms with Gasteiger partial charge in [0, 0.05) is 0 Å². The Morgan fingerprint density at radius 2 is 2.19 bits per heavy atom. The third-order valence-electron chi connectivity index (χ3n) is 1.82. The topological polar surface area (TPSA) is 114 Å². The number of carbonyl (C=O) groups excluding carboxylic acids is 1. The number of aromatic hydroxyl groups is 1. The highest BCUT2D eigenvalue weighted by atomic mass is 16.5. The van der Waals surface area contributed by atoms with Gasteiger partial charge in [-0.15, -0.1) is 0 Å². The quantitative estimate of drug-likeness (QED) is 0.683. The van der Waals surface area contributed by atoms with Crippen molar-refractivity contribution in [2.75, 3.05) is 11.1 Å². The number of nitrogen functional groups attached to an aromatic ring is 1.